The fraction of sp³-hybridized carbons (Fsp3) is 0.182. The molecule has 0 bridgehead atoms. The van der Waals surface area contributed by atoms with Gasteiger partial charge >= 0.3 is 0 Å². The third kappa shape index (κ3) is 3.68. The summed E-state index contributed by atoms with van der Waals surface area (Å²) in [6, 6.07) is 4.01. The van der Waals surface area contributed by atoms with E-state index in [0.29, 0.717) is 10.8 Å². The largest absolute Gasteiger partial charge is 0.325 e. The Balaban J connectivity index is 1.98. The Morgan fingerprint density at radius 3 is 3.00 bits per heavy atom. The molecule has 0 aliphatic rings. The Hall–Kier alpha value is -1.60. The lowest BCUT2D eigenvalue weighted by atomic mass is 10.3. The second-order valence-electron chi connectivity index (χ2n) is 3.67. The molecule has 0 spiro atoms. The SMILES string of the molecule is C[C@H](Sc1ncn[nH]1)C(=O)Nc1ccc(F)c(Cl)c1. The quantitative estimate of drug-likeness (QED) is 0.852. The van der Waals surface area contributed by atoms with Gasteiger partial charge in [0, 0.05) is 5.69 Å². The zero-order valence-corrected chi connectivity index (χ0v) is 11.4. The molecule has 8 heteroatoms. The molecule has 1 aromatic heterocycles. The summed E-state index contributed by atoms with van der Waals surface area (Å²) >= 11 is 6.87. The highest BCUT2D eigenvalue weighted by molar-refractivity contribution is 8.00. The van der Waals surface area contributed by atoms with Crippen LogP contribution in [0.5, 0.6) is 0 Å². The second-order valence-corrected chi connectivity index (χ2v) is 5.41. The lowest BCUT2D eigenvalue weighted by Gasteiger charge is -2.10. The predicted molar refractivity (Wildman–Crippen MR) is 71.7 cm³/mol. The first kappa shape index (κ1) is 13.8. The zero-order valence-electron chi connectivity index (χ0n) is 9.85. The van der Waals surface area contributed by atoms with Crippen molar-refractivity contribution in [3.8, 4) is 0 Å². The number of aromatic nitrogens is 3. The van der Waals surface area contributed by atoms with Crippen LogP contribution in [-0.2, 0) is 4.79 Å². The summed E-state index contributed by atoms with van der Waals surface area (Å²) < 4.78 is 13.0. The number of nitrogens with zero attached hydrogens (tertiary/aromatic N) is 2. The molecule has 0 unspecified atom stereocenters. The number of carbonyl (C=O) groups is 1. The monoisotopic (exact) mass is 300 g/mol. The van der Waals surface area contributed by atoms with Crippen molar-refractivity contribution >= 4 is 35.0 Å². The van der Waals surface area contributed by atoms with Crippen LogP contribution in [0.1, 0.15) is 6.92 Å². The van der Waals surface area contributed by atoms with E-state index < -0.39 is 5.82 Å². The molecule has 19 heavy (non-hydrogen) atoms. The maximum absolute atomic E-state index is 13.0. The fourth-order valence-corrected chi connectivity index (χ4v) is 2.18. The number of nitrogens with one attached hydrogen (secondary N) is 2. The van der Waals surface area contributed by atoms with Gasteiger partial charge in [0.2, 0.25) is 5.91 Å². The van der Waals surface area contributed by atoms with Gasteiger partial charge in [0.15, 0.2) is 5.16 Å². The Kier molecular flexibility index (Phi) is 4.39. The van der Waals surface area contributed by atoms with Gasteiger partial charge in [-0.2, -0.15) is 5.10 Å². The van der Waals surface area contributed by atoms with Crippen molar-refractivity contribution in [1.82, 2.24) is 15.2 Å². The molecular formula is C11H10ClFN4OS. The number of anilines is 1. The van der Waals surface area contributed by atoms with Crippen molar-refractivity contribution < 1.29 is 9.18 Å². The van der Waals surface area contributed by atoms with Crippen LogP contribution in [0.2, 0.25) is 5.02 Å². The van der Waals surface area contributed by atoms with Crippen molar-refractivity contribution in [2.75, 3.05) is 5.32 Å². The number of carbonyl (C=O) groups excluding carboxylic acids is 1. The number of amides is 1. The summed E-state index contributed by atoms with van der Waals surface area (Å²) in [5, 5.41) is 9.14. The van der Waals surface area contributed by atoms with Crippen LogP contribution in [0.3, 0.4) is 0 Å². The summed E-state index contributed by atoms with van der Waals surface area (Å²) in [5.74, 6) is -0.757. The summed E-state index contributed by atoms with van der Waals surface area (Å²) in [5.41, 5.74) is 0.446. The van der Waals surface area contributed by atoms with Crippen LogP contribution < -0.4 is 5.32 Å². The van der Waals surface area contributed by atoms with Gasteiger partial charge in [0.1, 0.15) is 12.1 Å². The van der Waals surface area contributed by atoms with Crippen LogP contribution in [0.15, 0.2) is 29.7 Å². The molecule has 0 aliphatic heterocycles. The molecule has 0 radical (unpaired) electrons. The number of halogens is 2. The number of H-pyrrole nitrogens is 1. The Bertz CT molecular complexity index is 578. The van der Waals surface area contributed by atoms with Gasteiger partial charge in [-0.3, -0.25) is 9.89 Å². The highest BCUT2D eigenvalue weighted by Gasteiger charge is 2.16. The minimum atomic E-state index is -0.524. The summed E-state index contributed by atoms with van der Waals surface area (Å²) in [7, 11) is 0. The smallest absolute Gasteiger partial charge is 0.237 e. The predicted octanol–water partition coefficient (Wildman–Crippen LogP) is 2.72. The molecule has 100 valence electrons. The first-order valence-electron chi connectivity index (χ1n) is 5.34. The molecule has 5 nitrogen and oxygen atoms in total. The molecule has 0 saturated carbocycles. The van der Waals surface area contributed by atoms with Crippen LogP contribution in [0, 0.1) is 5.82 Å². The van der Waals surface area contributed by atoms with Crippen LogP contribution in [0.4, 0.5) is 10.1 Å². The van der Waals surface area contributed by atoms with E-state index in [9.17, 15) is 9.18 Å². The van der Waals surface area contributed by atoms with Gasteiger partial charge in [-0.25, -0.2) is 9.37 Å². The maximum atomic E-state index is 13.0. The highest BCUT2D eigenvalue weighted by Crippen LogP contribution is 2.22. The van der Waals surface area contributed by atoms with E-state index in [1.165, 1.54) is 36.3 Å². The van der Waals surface area contributed by atoms with Crippen LogP contribution >= 0.6 is 23.4 Å². The van der Waals surface area contributed by atoms with Crippen molar-refractivity contribution in [2.24, 2.45) is 0 Å². The molecule has 1 aromatic carbocycles. The van der Waals surface area contributed by atoms with Crippen LogP contribution in [-0.4, -0.2) is 26.3 Å². The fourth-order valence-electron chi connectivity index (χ4n) is 1.29. The Morgan fingerprint density at radius 2 is 2.37 bits per heavy atom. The van der Waals surface area contributed by atoms with Gasteiger partial charge in [-0.15, -0.1) is 0 Å². The summed E-state index contributed by atoms with van der Waals surface area (Å²) in [4.78, 5) is 15.8. The molecule has 0 aliphatic carbocycles. The molecular weight excluding hydrogens is 291 g/mol. The number of hydrogen-bond donors (Lipinski definition) is 2. The number of thioether (sulfide) groups is 1. The number of hydrogen-bond acceptors (Lipinski definition) is 4. The molecule has 1 atom stereocenters. The average molecular weight is 301 g/mol. The Morgan fingerprint density at radius 1 is 1.58 bits per heavy atom. The van der Waals surface area contributed by atoms with E-state index in [2.05, 4.69) is 20.5 Å². The zero-order chi connectivity index (χ0) is 13.8. The standard InChI is InChI=1S/C11H10ClFN4OS/c1-6(19-11-14-5-15-17-11)10(18)16-7-2-3-9(13)8(12)4-7/h2-6H,1H3,(H,16,18)(H,14,15,17)/t6-/m0/s1. The Labute approximate surface area is 118 Å². The molecule has 2 aromatic rings. The van der Waals surface area contributed by atoms with E-state index in [1.807, 2.05) is 0 Å². The van der Waals surface area contributed by atoms with E-state index in [0.717, 1.165) is 0 Å². The first-order chi connectivity index (χ1) is 9.06. The third-order valence-corrected chi connectivity index (χ3v) is 3.51. The molecule has 1 amide bonds. The molecule has 0 saturated heterocycles. The highest BCUT2D eigenvalue weighted by atomic mass is 35.5. The first-order valence-corrected chi connectivity index (χ1v) is 6.60. The van der Waals surface area contributed by atoms with Crippen LogP contribution in [0.25, 0.3) is 0 Å². The summed E-state index contributed by atoms with van der Waals surface area (Å²) in [6.45, 7) is 1.73. The van der Waals surface area contributed by atoms with E-state index in [-0.39, 0.29) is 16.2 Å². The van der Waals surface area contributed by atoms with Gasteiger partial charge in [0.25, 0.3) is 0 Å². The van der Waals surface area contributed by atoms with Crippen molar-refractivity contribution in [3.05, 3.63) is 35.4 Å². The normalized spacial score (nSPS) is 12.2. The minimum absolute atomic E-state index is 0.0339. The van der Waals surface area contributed by atoms with Gasteiger partial charge in [-0.1, -0.05) is 23.4 Å². The van der Waals surface area contributed by atoms with E-state index in [1.54, 1.807) is 6.92 Å². The minimum Gasteiger partial charge on any atom is -0.325 e. The molecule has 1 heterocycles. The maximum Gasteiger partial charge on any atom is 0.237 e. The van der Waals surface area contributed by atoms with Crippen molar-refractivity contribution in [1.29, 1.82) is 0 Å². The van der Waals surface area contributed by atoms with Crippen molar-refractivity contribution in [2.45, 2.75) is 17.3 Å². The van der Waals surface area contributed by atoms with Gasteiger partial charge in [-0.05, 0) is 25.1 Å². The molecule has 2 N–H and O–H groups in total. The van der Waals surface area contributed by atoms with E-state index >= 15 is 0 Å². The van der Waals surface area contributed by atoms with Gasteiger partial charge in [0.05, 0.1) is 10.3 Å². The molecule has 0 fully saturated rings. The topological polar surface area (TPSA) is 70.7 Å². The van der Waals surface area contributed by atoms with E-state index in [4.69, 9.17) is 11.6 Å². The lowest BCUT2D eigenvalue weighted by molar-refractivity contribution is -0.115. The lowest BCUT2D eigenvalue weighted by Crippen LogP contribution is -2.22. The average Bonchev–Trinajstić information content (AvgIpc) is 2.86. The number of benzene rings is 1. The van der Waals surface area contributed by atoms with Gasteiger partial charge < -0.3 is 5.32 Å². The second kappa shape index (κ2) is 6.03. The number of rotatable bonds is 4. The third-order valence-electron chi connectivity index (χ3n) is 2.24. The van der Waals surface area contributed by atoms with Crippen molar-refractivity contribution in [3.63, 3.8) is 0 Å². The molecule has 2 rings (SSSR count). The number of aromatic amines is 1. The summed E-state index contributed by atoms with van der Waals surface area (Å²) in [6.07, 6.45) is 1.37.